The Morgan fingerprint density at radius 2 is 1.86 bits per heavy atom. The van der Waals surface area contributed by atoms with E-state index in [4.69, 9.17) is 0 Å². The van der Waals surface area contributed by atoms with Crippen LogP contribution < -0.4 is 10.6 Å². The summed E-state index contributed by atoms with van der Waals surface area (Å²) < 4.78 is 0. The molecule has 0 aromatic heterocycles. The van der Waals surface area contributed by atoms with Gasteiger partial charge in [0.15, 0.2) is 0 Å². The molecule has 3 rings (SSSR count). The fourth-order valence-corrected chi connectivity index (χ4v) is 4.60. The maximum atomic E-state index is 13.1. The Morgan fingerprint density at radius 3 is 2.45 bits per heavy atom. The molecule has 1 heterocycles. The van der Waals surface area contributed by atoms with Crippen molar-refractivity contribution in [2.75, 3.05) is 6.54 Å². The first-order valence-electron chi connectivity index (χ1n) is 10.7. The maximum Gasteiger partial charge on any atom is 0.325 e. The number of urea groups is 1. The van der Waals surface area contributed by atoms with Gasteiger partial charge in [0.1, 0.15) is 12.1 Å². The largest absolute Gasteiger partial charge is 0.348 e. The average Bonchev–Trinajstić information content (AvgIpc) is 2.93. The minimum Gasteiger partial charge on any atom is -0.348 e. The maximum absolute atomic E-state index is 13.1. The molecule has 158 valence electrons. The van der Waals surface area contributed by atoms with E-state index >= 15 is 0 Å². The zero-order valence-corrected chi connectivity index (χ0v) is 18.0. The predicted octanol–water partition coefficient (Wildman–Crippen LogP) is 3.78. The highest BCUT2D eigenvalue weighted by atomic mass is 16.2. The van der Waals surface area contributed by atoms with Gasteiger partial charge in [-0.1, -0.05) is 57.5 Å². The first kappa shape index (κ1) is 21.3. The van der Waals surface area contributed by atoms with Gasteiger partial charge in [-0.2, -0.15) is 0 Å². The van der Waals surface area contributed by atoms with E-state index in [9.17, 15) is 14.4 Å². The lowest BCUT2D eigenvalue weighted by Gasteiger charge is -2.42. The standard InChI is InChI=1S/C23H33N3O3/c1-5-22(3,4)18-11-13-23(14-12-18)20(28)26(21(29)25-23)15-19(27)24-16(2)17-9-7-6-8-10-17/h6-10,16,18H,5,11-15H2,1-4H3,(H,24,27)(H,25,29). The molecule has 2 N–H and O–H groups in total. The molecule has 1 aliphatic heterocycles. The van der Waals surface area contributed by atoms with Gasteiger partial charge in [-0.25, -0.2) is 4.79 Å². The first-order chi connectivity index (χ1) is 13.7. The summed E-state index contributed by atoms with van der Waals surface area (Å²) in [5, 5.41) is 5.78. The molecular formula is C23H33N3O3. The molecule has 4 amide bonds. The van der Waals surface area contributed by atoms with E-state index in [0.29, 0.717) is 18.8 Å². The van der Waals surface area contributed by atoms with Gasteiger partial charge in [-0.3, -0.25) is 14.5 Å². The minimum atomic E-state index is -0.831. The topological polar surface area (TPSA) is 78.5 Å². The van der Waals surface area contributed by atoms with Crippen LogP contribution in [-0.2, 0) is 9.59 Å². The Kier molecular flexibility index (Phi) is 6.01. The van der Waals surface area contributed by atoms with Crippen molar-refractivity contribution in [2.45, 2.75) is 71.4 Å². The number of nitrogens with zero attached hydrogens (tertiary/aromatic N) is 1. The van der Waals surface area contributed by atoms with Crippen LogP contribution in [0.3, 0.4) is 0 Å². The van der Waals surface area contributed by atoms with Crippen molar-refractivity contribution < 1.29 is 14.4 Å². The Hall–Kier alpha value is -2.37. The molecule has 1 unspecified atom stereocenters. The summed E-state index contributed by atoms with van der Waals surface area (Å²) in [4.78, 5) is 39.1. The highest BCUT2D eigenvalue weighted by Gasteiger charge is 2.53. The normalized spacial score (nSPS) is 25.8. The third kappa shape index (κ3) is 4.31. The first-order valence-corrected chi connectivity index (χ1v) is 10.7. The van der Waals surface area contributed by atoms with Crippen molar-refractivity contribution in [2.24, 2.45) is 11.3 Å². The van der Waals surface area contributed by atoms with Gasteiger partial charge in [0.05, 0.1) is 6.04 Å². The van der Waals surface area contributed by atoms with Crippen molar-refractivity contribution in [3.63, 3.8) is 0 Å². The number of rotatable bonds is 6. The van der Waals surface area contributed by atoms with Crippen molar-refractivity contribution in [3.05, 3.63) is 35.9 Å². The van der Waals surface area contributed by atoms with Crippen LogP contribution in [-0.4, -0.2) is 34.8 Å². The van der Waals surface area contributed by atoms with Crippen LogP contribution in [0.25, 0.3) is 0 Å². The van der Waals surface area contributed by atoms with Crippen LogP contribution in [0.4, 0.5) is 4.79 Å². The second-order valence-electron chi connectivity index (χ2n) is 9.22. The number of benzene rings is 1. The van der Waals surface area contributed by atoms with Gasteiger partial charge in [0.2, 0.25) is 5.91 Å². The van der Waals surface area contributed by atoms with E-state index < -0.39 is 11.6 Å². The molecule has 6 heteroatoms. The van der Waals surface area contributed by atoms with E-state index in [0.717, 1.165) is 29.7 Å². The summed E-state index contributed by atoms with van der Waals surface area (Å²) in [6.45, 7) is 8.39. The average molecular weight is 400 g/mol. The molecule has 29 heavy (non-hydrogen) atoms. The van der Waals surface area contributed by atoms with Crippen LogP contribution in [0.15, 0.2) is 30.3 Å². The number of carbonyl (C=O) groups is 3. The summed E-state index contributed by atoms with van der Waals surface area (Å²) in [5.41, 5.74) is 0.384. The second kappa shape index (κ2) is 8.17. The van der Waals surface area contributed by atoms with Crippen molar-refractivity contribution in [3.8, 4) is 0 Å². The van der Waals surface area contributed by atoms with E-state index in [-0.39, 0.29) is 29.8 Å². The molecule has 1 saturated heterocycles. The van der Waals surface area contributed by atoms with Gasteiger partial charge < -0.3 is 10.6 Å². The summed E-state index contributed by atoms with van der Waals surface area (Å²) in [7, 11) is 0. The lowest BCUT2D eigenvalue weighted by Crippen LogP contribution is -2.51. The highest BCUT2D eigenvalue weighted by Crippen LogP contribution is 2.45. The number of amides is 4. The van der Waals surface area contributed by atoms with Gasteiger partial charge >= 0.3 is 6.03 Å². The van der Waals surface area contributed by atoms with Crippen LogP contribution in [0.5, 0.6) is 0 Å². The van der Waals surface area contributed by atoms with Gasteiger partial charge in [-0.05, 0) is 49.5 Å². The van der Waals surface area contributed by atoms with Gasteiger partial charge in [0.25, 0.3) is 5.91 Å². The molecule has 1 aliphatic carbocycles. The van der Waals surface area contributed by atoms with E-state index in [2.05, 4.69) is 31.4 Å². The number of carbonyl (C=O) groups excluding carboxylic acids is 3. The number of hydrogen-bond donors (Lipinski definition) is 2. The SMILES string of the molecule is CCC(C)(C)C1CCC2(CC1)NC(=O)N(CC(=O)NC(C)c1ccccc1)C2=O. The zero-order valence-electron chi connectivity index (χ0n) is 18.0. The molecule has 6 nitrogen and oxygen atoms in total. The third-order valence-corrected chi connectivity index (χ3v) is 7.08. The number of hydrogen-bond acceptors (Lipinski definition) is 3. The van der Waals surface area contributed by atoms with Crippen molar-refractivity contribution >= 4 is 17.8 Å². The minimum absolute atomic E-state index is 0.190. The quantitative estimate of drug-likeness (QED) is 0.715. The molecule has 2 fully saturated rings. The monoisotopic (exact) mass is 399 g/mol. The fraction of sp³-hybridized carbons (Fsp3) is 0.609. The molecule has 1 spiro atoms. The smallest absolute Gasteiger partial charge is 0.325 e. The Labute approximate surface area is 173 Å². The van der Waals surface area contributed by atoms with Crippen LogP contribution in [0.2, 0.25) is 0 Å². The Morgan fingerprint density at radius 1 is 1.24 bits per heavy atom. The second-order valence-corrected chi connectivity index (χ2v) is 9.22. The van der Waals surface area contributed by atoms with Gasteiger partial charge in [0, 0.05) is 0 Å². The summed E-state index contributed by atoms with van der Waals surface area (Å²) in [6, 6.07) is 8.97. The fourth-order valence-electron chi connectivity index (χ4n) is 4.60. The summed E-state index contributed by atoms with van der Waals surface area (Å²) >= 11 is 0. The van der Waals surface area contributed by atoms with E-state index in [1.54, 1.807) is 0 Å². The Balaban J connectivity index is 1.60. The Bertz CT molecular complexity index is 767. The number of imide groups is 1. The third-order valence-electron chi connectivity index (χ3n) is 7.08. The predicted molar refractivity (Wildman–Crippen MR) is 112 cm³/mol. The van der Waals surface area contributed by atoms with Crippen LogP contribution in [0.1, 0.15) is 71.4 Å². The van der Waals surface area contributed by atoms with Crippen molar-refractivity contribution in [1.82, 2.24) is 15.5 Å². The molecule has 1 aromatic carbocycles. The molecule has 1 saturated carbocycles. The van der Waals surface area contributed by atoms with E-state index in [1.807, 2.05) is 37.3 Å². The molecule has 0 radical (unpaired) electrons. The zero-order chi connectivity index (χ0) is 21.2. The van der Waals surface area contributed by atoms with Crippen LogP contribution >= 0.6 is 0 Å². The highest BCUT2D eigenvalue weighted by molar-refractivity contribution is 6.09. The molecule has 0 bridgehead atoms. The number of nitrogens with one attached hydrogen (secondary N) is 2. The van der Waals surface area contributed by atoms with E-state index in [1.165, 1.54) is 0 Å². The molecule has 1 aromatic rings. The molecular weight excluding hydrogens is 366 g/mol. The lowest BCUT2D eigenvalue weighted by molar-refractivity contribution is -0.136. The van der Waals surface area contributed by atoms with Crippen LogP contribution in [0, 0.1) is 11.3 Å². The van der Waals surface area contributed by atoms with Crippen molar-refractivity contribution in [1.29, 1.82) is 0 Å². The lowest BCUT2D eigenvalue weighted by atomic mass is 9.65. The van der Waals surface area contributed by atoms with Gasteiger partial charge in [-0.15, -0.1) is 0 Å². The molecule has 1 atom stereocenters. The summed E-state index contributed by atoms with van der Waals surface area (Å²) in [5.74, 6) is -0.0348. The molecule has 2 aliphatic rings. The summed E-state index contributed by atoms with van der Waals surface area (Å²) in [6.07, 6.45) is 4.21.